The second-order valence-electron chi connectivity index (χ2n) is 7.20. The number of benzene rings is 4. The van der Waals surface area contributed by atoms with Gasteiger partial charge in [0.1, 0.15) is 5.70 Å². The van der Waals surface area contributed by atoms with Crippen LogP contribution in [0.1, 0.15) is 11.1 Å². The van der Waals surface area contributed by atoms with Crippen molar-refractivity contribution >= 4 is 22.8 Å². The maximum absolute atomic E-state index is 6.48. The first-order chi connectivity index (χ1) is 15.4. The fourth-order valence-electron chi connectivity index (χ4n) is 3.61. The predicted molar refractivity (Wildman–Crippen MR) is 128 cm³/mol. The second kappa shape index (κ2) is 8.64. The van der Waals surface area contributed by atoms with Crippen LogP contribution < -0.4 is 10.2 Å². The topological polar surface area (TPSA) is 24.5 Å². The van der Waals surface area contributed by atoms with Gasteiger partial charge in [-0.2, -0.15) is 0 Å². The van der Waals surface area contributed by atoms with Crippen molar-refractivity contribution in [2.75, 3.05) is 10.2 Å². The van der Waals surface area contributed by atoms with Crippen LogP contribution in [0.15, 0.2) is 133 Å². The van der Waals surface area contributed by atoms with E-state index in [0.717, 1.165) is 34.0 Å². The first kappa shape index (κ1) is 18.8. The van der Waals surface area contributed by atoms with E-state index < -0.39 is 0 Å². The molecule has 31 heavy (non-hydrogen) atoms. The van der Waals surface area contributed by atoms with E-state index in [4.69, 9.17) is 4.74 Å². The zero-order chi connectivity index (χ0) is 20.9. The van der Waals surface area contributed by atoms with Crippen LogP contribution in [0, 0.1) is 0 Å². The summed E-state index contributed by atoms with van der Waals surface area (Å²) >= 11 is 0. The first-order valence-corrected chi connectivity index (χ1v) is 10.3. The van der Waals surface area contributed by atoms with Crippen molar-refractivity contribution in [3.05, 3.63) is 145 Å². The van der Waals surface area contributed by atoms with Crippen LogP contribution in [0.3, 0.4) is 0 Å². The Morgan fingerprint density at radius 1 is 0.548 bits per heavy atom. The summed E-state index contributed by atoms with van der Waals surface area (Å²) in [4.78, 5) is 2.19. The molecule has 0 radical (unpaired) electrons. The van der Waals surface area contributed by atoms with Gasteiger partial charge >= 0.3 is 0 Å². The summed E-state index contributed by atoms with van der Waals surface area (Å²) in [6.07, 6.45) is 2.06. The molecule has 4 aromatic rings. The number of hydrogen-bond donors (Lipinski definition) is 1. The molecule has 0 aromatic heterocycles. The zero-order valence-corrected chi connectivity index (χ0v) is 17.0. The van der Waals surface area contributed by atoms with Crippen molar-refractivity contribution in [1.29, 1.82) is 0 Å². The largest absolute Gasteiger partial charge is 0.437 e. The Hall–Kier alpha value is -4.24. The zero-order valence-electron chi connectivity index (χ0n) is 17.0. The lowest BCUT2D eigenvalue weighted by Crippen LogP contribution is -2.25. The summed E-state index contributed by atoms with van der Waals surface area (Å²) in [6, 6.07) is 40.9. The molecular formula is C28H22N2O. The number of nitrogens with zero attached hydrogens (tertiary/aromatic N) is 1. The molecule has 1 aliphatic heterocycles. The van der Waals surface area contributed by atoms with Crippen molar-refractivity contribution in [2.45, 2.75) is 0 Å². The molecule has 0 fully saturated rings. The van der Waals surface area contributed by atoms with Crippen LogP contribution in [0.4, 0.5) is 11.4 Å². The van der Waals surface area contributed by atoms with Crippen LogP contribution in [0.5, 0.6) is 0 Å². The molecule has 4 aromatic carbocycles. The summed E-state index contributed by atoms with van der Waals surface area (Å²) < 4.78 is 6.48. The van der Waals surface area contributed by atoms with Crippen LogP contribution >= 0.6 is 0 Å². The molecule has 1 aliphatic rings. The van der Waals surface area contributed by atoms with Gasteiger partial charge in [0.25, 0.3) is 0 Å². The lowest BCUT2D eigenvalue weighted by molar-refractivity contribution is 0.384. The molecule has 0 spiro atoms. The SMILES string of the molecule is C1=C(c2ccccc2)OC(Nc2ccccc2)=C(c2ccccc2)N1c1ccccc1. The lowest BCUT2D eigenvalue weighted by Gasteiger charge is -2.32. The molecule has 150 valence electrons. The number of hydrogen-bond acceptors (Lipinski definition) is 3. The Bertz CT molecular complexity index is 1200. The molecule has 1 N–H and O–H groups in total. The summed E-state index contributed by atoms with van der Waals surface area (Å²) in [7, 11) is 0. The highest BCUT2D eigenvalue weighted by molar-refractivity contribution is 5.88. The van der Waals surface area contributed by atoms with Gasteiger partial charge in [0.05, 0.1) is 6.20 Å². The van der Waals surface area contributed by atoms with Crippen LogP contribution in [0.25, 0.3) is 11.5 Å². The van der Waals surface area contributed by atoms with E-state index in [0.29, 0.717) is 5.88 Å². The number of para-hydroxylation sites is 2. The fraction of sp³-hybridized carbons (Fsp3) is 0. The van der Waals surface area contributed by atoms with Crippen molar-refractivity contribution in [2.24, 2.45) is 0 Å². The maximum atomic E-state index is 6.48. The third kappa shape index (κ3) is 4.07. The van der Waals surface area contributed by atoms with Crippen LogP contribution in [-0.4, -0.2) is 0 Å². The van der Waals surface area contributed by atoms with Gasteiger partial charge in [-0.3, -0.25) is 0 Å². The number of anilines is 2. The van der Waals surface area contributed by atoms with Crippen molar-refractivity contribution in [3.8, 4) is 0 Å². The third-order valence-electron chi connectivity index (χ3n) is 5.09. The van der Waals surface area contributed by atoms with Crippen LogP contribution in [0.2, 0.25) is 0 Å². The molecule has 0 saturated heterocycles. The summed E-state index contributed by atoms with van der Waals surface area (Å²) in [5.74, 6) is 1.46. The Labute approximate surface area is 182 Å². The highest BCUT2D eigenvalue weighted by Crippen LogP contribution is 2.37. The van der Waals surface area contributed by atoms with E-state index in [1.54, 1.807) is 0 Å². The van der Waals surface area contributed by atoms with Gasteiger partial charge in [0.2, 0.25) is 5.88 Å². The van der Waals surface area contributed by atoms with E-state index >= 15 is 0 Å². The fourth-order valence-corrected chi connectivity index (χ4v) is 3.61. The number of nitrogens with one attached hydrogen (secondary N) is 1. The van der Waals surface area contributed by atoms with Crippen molar-refractivity contribution in [3.63, 3.8) is 0 Å². The molecule has 0 saturated carbocycles. The minimum absolute atomic E-state index is 0.683. The van der Waals surface area contributed by atoms with E-state index in [-0.39, 0.29) is 0 Å². The van der Waals surface area contributed by atoms with Gasteiger partial charge in [-0.05, 0) is 24.3 Å². The summed E-state index contributed by atoms with van der Waals surface area (Å²) in [5, 5.41) is 3.50. The summed E-state index contributed by atoms with van der Waals surface area (Å²) in [6.45, 7) is 0. The molecule has 0 amide bonds. The van der Waals surface area contributed by atoms with Crippen LogP contribution in [-0.2, 0) is 4.74 Å². The van der Waals surface area contributed by atoms with E-state index in [1.807, 2.05) is 84.9 Å². The van der Waals surface area contributed by atoms with E-state index in [2.05, 4.69) is 52.8 Å². The molecule has 0 unspecified atom stereocenters. The molecule has 3 heteroatoms. The van der Waals surface area contributed by atoms with Gasteiger partial charge in [-0.15, -0.1) is 0 Å². The van der Waals surface area contributed by atoms with E-state index in [1.165, 1.54) is 0 Å². The van der Waals surface area contributed by atoms with E-state index in [9.17, 15) is 0 Å². The Morgan fingerprint density at radius 3 is 1.68 bits per heavy atom. The average Bonchev–Trinajstić information content (AvgIpc) is 2.86. The van der Waals surface area contributed by atoms with Gasteiger partial charge < -0.3 is 15.0 Å². The summed E-state index contributed by atoms with van der Waals surface area (Å²) in [5.41, 5.74) is 5.06. The molecular weight excluding hydrogens is 380 g/mol. The number of ether oxygens (including phenoxy) is 1. The minimum atomic E-state index is 0.683. The standard InChI is InChI=1S/C28H22N2O/c1-5-13-22(14-6-1)26-21-30(25-19-11-4-12-20-25)27(23-15-7-2-8-16-23)28(31-26)29-24-17-9-3-10-18-24/h1-21,29H. The lowest BCUT2D eigenvalue weighted by atomic mass is 10.1. The number of rotatable bonds is 5. The molecule has 0 bridgehead atoms. The quantitative estimate of drug-likeness (QED) is 0.390. The monoisotopic (exact) mass is 402 g/mol. The Balaban J connectivity index is 1.69. The van der Waals surface area contributed by atoms with Gasteiger partial charge in [-0.1, -0.05) is 97.1 Å². The van der Waals surface area contributed by atoms with Gasteiger partial charge in [0.15, 0.2) is 5.76 Å². The Kier molecular flexibility index (Phi) is 5.23. The van der Waals surface area contributed by atoms with Crippen molar-refractivity contribution in [1.82, 2.24) is 0 Å². The minimum Gasteiger partial charge on any atom is -0.437 e. The molecule has 0 aliphatic carbocycles. The van der Waals surface area contributed by atoms with Crippen molar-refractivity contribution < 1.29 is 4.74 Å². The predicted octanol–water partition coefficient (Wildman–Crippen LogP) is 6.96. The second-order valence-corrected chi connectivity index (χ2v) is 7.20. The molecule has 3 nitrogen and oxygen atoms in total. The molecule has 5 rings (SSSR count). The highest BCUT2D eigenvalue weighted by Gasteiger charge is 2.26. The maximum Gasteiger partial charge on any atom is 0.222 e. The normalized spacial score (nSPS) is 13.4. The smallest absolute Gasteiger partial charge is 0.222 e. The van der Waals surface area contributed by atoms with Gasteiger partial charge in [-0.25, -0.2) is 0 Å². The van der Waals surface area contributed by atoms with Gasteiger partial charge in [0, 0.05) is 22.5 Å². The molecule has 0 atom stereocenters. The third-order valence-corrected chi connectivity index (χ3v) is 5.09. The average molecular weight is 402 g/mol. The molecule has 1 heterocycles. The first-order valence-electron chi connectivity index (χ1n) is 10.3. The Morgan fingerprint density at radius 2 is 1.06 bits per heavy atom. The highest BCUT2D eigenvalue weighted by atomic mass is 16.5.